The van der Waals surface area contributed by atoms with Gasteiger partial charge < -0.3 is 0 Å². The normalized spacial score (nSPS) is 19.3. The second-order valence-corrected chi connectivity index (χ2v) is 10.7. The van der Waals surface area contributed by atoms with Gasteiger partial charge in [0.2, 0.25) is 15.9 Å². The number of carbonyl (C=O) groups excluding carboxylic acids is 1. The highest BCUT2D eigenvalue weighted by Crippen LogP contribution is 2.32. The number of benzene rings is 2. The molecule has 10 heteroatoms. The van der Waals surface area contributed by atoms with E-state index in [9.17, 15) is 21.6 Å². The Morgan fingerprint density at radius 1 is 1.19 bits per heavy atom. The van der Waals surface area contributed by atoms with Crippen LogP contribution in [0, 0.1) is 12.8 Å². The maximum absolute atomic E-state index is 12.7. The first-order valence-corrected chi connectivity index (χ1v) is 11.9. The molecule has 144 valence electrons. The fourth-order valence-corrected chi connectivity index (χ4v) is 6.53. The monoisotopic (exact) mass is 472 g/mol. The van der Waals surface area contributed by atoms with Crippen LogP contribution in [0.2, 0.25) is 0 Å². The number of halogens is 1. The third-order valence-corrected chi connectivity index (χ3v) is 8.25. The van der Waals surface area contributed by atoms with Gasteiger partial charge in [0.15, 0.2) is 0 Å². The number of amides is 1. The molecular weight excluding hydrogens is 456 g/mol. The van der Waals surface area contributed by atoms with Gasteiger partial charge >= 0.3 is 0 Å². The van der Waals surface area contributed by atoms with Gasteiger partial charge in [0, 0.05) is 4.47 Å². The van der Waals surface area contributed by atoms with Crippen LogP contribution in [0.15, 0.2) is 51.8 Å². The molecule has 1 saturated heterocycles. The molecule has 1 atom stereocenters. The third kappa shape index (κ3) is 3.74. The number of anilines is 2. The van der Waals surface area contributed by atoms with Crippen molar-refractivity contribution in [3.8, 4) is 0 Å². The van der Waals surface area contributed by atoms with Gasteiger partial charge in [-0.3, -0.25) is 9.52 Å². The van der Waals surface area contributed by atoms with E-state index in [2.05, 4.69) is 20.7 Å². The summed E-state index contributed by atoms with van der Waals surface area (Å²) in [6.45, 7) is 3.10. The Hall–Kier alpha value is -1.91. The molecule has 2 aromatic rings. The van der Waals surface area contributed by atoms with E-state index in [-0.39, 0.29) is 16.3 Å². The molecule has 3 rings (SSSR count). The molecule has 0 aromatic heterocycles. The van der Waals surface area contributed by atoms with Crippen LogP contribution in [-0.4, -0.2) is 28.5 Å². The Balaban J connectivity index is 1.98. The number of hydrogen-bond donors (Lipinski definition) is 1. The number of aryl methyl sites for hydroxylation is 1. The number of para-hydroxylation sites is 1. The summed E-state index contributed by atoms with van der Waals surface area (Å²) in [6.07, 6.45) is 0. The van der Waals surface area contributed by atoms with Gasteiger partial charge in [0.05, 0.1) is 27.9 Å². The van der Waals surface area contributed by atoms with Crippen LogP contribution < -0.4 is 9.03 Å². The Morgan fingerprint density at radius 2 is 1.85 bits per heavy atom. The van der Waals surface area contributed by atoms with Crippen LogP contribution in [0.5, 0.6) is 0 Å². The van der Waals surface area contributed by atoms with Crippen LogP contribution in [0.25, 0.3) is 0 Å². The predicted molar refractivity (Wildman–Crippen MR) is 107 cm³/mol. The molecule has 1 unspecified atom stereocenters. The Labute approximate surface area is 166 Å². The zero-order valence-electron chi connectivity index (χ0n) is 14.5. The summed E-state index contributed by atoms with van der Waals surface area (Å²) in [6, 6.07) is 10.8. The van der Waals surface area contributed by atoms with E-state index in [1.165, 1.54) is 18.2 Å². The molecule has 2 aromatic carbocycles. The summed E-state index contributed by atoms with van der Waals surface area (Å²) in [7, 11) is -7.64. The number of sulfonamides is 2. The van der Waals surface area contributed by atoms with Crippen LogP contribution >= 0.6 is 15.9 Å². The minimum Gasteiger partial charge on any atom is -0.278 e. The maximum Gasteiger partial charge on any atom is 0.262 e. The van der Waals surface area contributed by atoms with Gasteiger partial charge in [-0.1, -0.05) is 19.1 Å². The van der Waals surface area contributed by atoms with E-state index in [0.717, 1.165) is 4.31 Å². The average Bonchev–Trinajstić information content (AvgIpc) is 2.76. The Morgan fingerprint density at radius 3 is 2.41 bits per heavy atom. The topological polar surface area (TPSA) is 101 Å². The summed E-state index contributed by atoms with van der Waals surface area (Å²) in [4.78, 5) is 12.2. The molecule has 1 N–H and O–H groups in total. The first-order valence-electron chi connectivity index (χ1n) is 7.98. The van der Waals surface area contributed by atoms with Crippen LogP contribution in [0.4, 0.5) is 11.4 Å². The molecule has 1 aliphatic heterocycles. The zero-order valence-corrected chi connectivity index (χ0v) is 17.7. The molecular formula is C17H17BrN2O5S2. The molecule has 1 fully saturated rings. The number of nitrogens with one attached hydrogen (secondary N) is 1. The second-order valence-electron chi connectivity index (χ2n) is 6.32. The lowest BCUT2D eigenvalue weighted by Gasteiger charge is -2.17. The van der Waals surface area contributed by atoms with Crippen molar-refractivity contribution in [1.29, 1.82) is 0 Å². The summed E-state index contributed by atoms with van der Waals surface area (Å²) in [5, 5.41) is 0. The molecule has 1 amide bonds. The highest BCUT2D eigenvalue weighted by atomic mass is 79.9. The zero-order chi connectivity index (χ0) is 20.0. The van der Waals surface area contributed by atoms with Crippen molar-refractivity contribution < 1.29 is 21.6 Å². The number of carbonyl (C=O) groups is 1. The van der Waals surface area contributed by atoms with E-state index >= 15 is 0 Å². The molecule has 1 aliphatic rings. The highest BCUT2D eigenvalue weighted by molar-refractivity contribution is 9.10. The van der Waals surface area contributed by atoms with Crippen LogP contribution in [0.3, 0.4) is 0 Å². The lowest BCUT2D eigenvalue weighted by atomic mass is 10.2. The minimum atomic E-state index is -3.89. The highest BCUT2D eigenvalue weighted by Gasteiger charge is 2.42. The average molecular weight is 473 g/mol. The largest absolute Gasteiger partial charge is 0.278 e. The summed E-state index contributed by atoms with van der Waals surface area (Å²) in [5.74, 6) is -1.40. The lowest BCUT2D eigenvalue weighted by molar-refractivity contribution is -0.119. The van der Waals surface area contributed by atoms with Gasteiger partial charge in [-0.25, -0.2) is 21.1 Å². The molecule has 0 radical (unpaired) electrons. The summed E-state index contributed by atoms with van der Waals surface area (Å²) < 4.78 is 53.7. The van der Waals surface area contributed by atoms with Crippen molar-refractivity contribution in [3.05, 3.63) is 52.5 Å². The van der Waals surface area contributed by atoms with Gasteiger partial charge in [0.1, 0.15) is 0 Å². The van der Waals surface area contributed by atoms with Crippen molar-refractivity contribution in [2.24, 2.45) is 5.92 Å². The molecule has 0 saturated carbocycles. The van der Waals surface area contributed by atoms with Crippen LogP contribution in [-0.2, 0) is 24.8 Å². The standard InChI is InChI=1S/C17H17BrN2O5S2/c1-11-9-13(20-17(21)12(2)10-26(20,22)23)7-8-16(11)27(24,25)19-15-6-4-3-5-14(15)18/h3-9,12,19H,10H2,1-2H3. The molecule has 7 nitrogen and oxygen atoms in total. The first-order chi connectivity index (χ1) is 12.5. The van der Waals surface area contributed by atoms with E-state index in [4.69, 9.17) is 0 Å². The molecule has 1 heterocycles. The second kappa shape index (κ2) is 6.92. The predicted octanol–water partition coefficient (Wildman–Crippen LogP) is 2.87. The fourth-order valence-electron chi connectivity index (χ4n) is 2.89. The van der Waals surface area contributed by atoms with Gasteiger partial charge in [-0.15, -0.1) is 0 Å². The van der Waals surface area contributed by atoms with Gasteiger partial charge in [-0.05, 0) is 58.7 Å². The van der Waals surface area contributed by atoms with Crippen molar-refractivity contribution in [2.45, 2.75) is 18.7 Å². The maximum atomic E-state index is 12.7. The van der Waals surface area contributed by atoms with Crippen LogP contribution in [0.1, 0.15) is 12.5 Å². The van der Waals surface area contributed by atoms with Gasteiger partial charge in [0.25, 0.3) is 10.0 Å². The summed E-state index contributed by atoms with van der Waals surface area (Å²) in [5.41, 5.74) is 0.850. The van der Waals surface area contributed by atoms with Crippen molar-refractivity contribution in [1.82, 2.24) is 0 Å². The quantitative estimate of drug-likeness (QED) is 0.736. The fraction of sp³-hybridized carbons (Fsp3) is 0.235. The lowest BCUT2D eigenvalue weighted by Crippen LogP contribution is -2.30. The number of hydrogen-bond acceptors (Lipinski definition) is 5. The molecule has 0 aliphatic carbocycles. The molecule has 27 heavy (non-hydrogen) atoms. The number of nitrogens with zero attached hydrogens (tertiary/aromatic N) is 1. The van der Waals surface area contributed by atoms with E-state index in [1.54, 1.807) is 38.1 Å². The van der Waals surface area contributed by atoms with Gasteiger partial charge in [-0.2, -0.15) is 0 Å². The Kier molecular flexibility index (Phi) is 5.08. The van der Waals surface area contributed by atoms with Crippen molar-refractivity contribution in [2.75, 3.05) is 14.8 Å². The SMILES string of the molecule is Cc1cc(N2C(=O)C(C)CS2(=O)=O)ccc1S(=O)(=O)Nc1ccccc1Br. The minimum absolute atomic E-state index is 0.000838. The first kappa shape index (κ1) is 19.8. The smallest absolute Gasteiger partial charge is 0.262 e. The molecule has 0 spiro atoms. The van der Waals surface area contributed by atoms with E-state index in [1.807, 2.05) is 0 Å². The van der Waals surface area contributed by atoms with E-state index in [0.29, 0.717) is 15.7 Å². The third-order valence-electron chi connectivity index (χ3n) is 4.16. The Bertz CT molecular complexity index is 1130. The molecule has 0 bridgehead atoms. The van der Waals surface area contributed by atoms with E-state index < -0.39 is 31.9 Å². The number of rotatable bonds is 4. The summed E-state index contributed by atoms with van der Waals surface area (Å²) >= 11 is 3.28. The van der Waals surface area contributed by atoms with Crippen molar-refractivity contribution in [3.63, 3.8) is 0 Å². The van der Waals surface area contributed by atoms with Crippen molar-refractivity contribution >= 4 is 53.3 Å².